The van der Waals surface area contributed by atoms with Crippen molar-refractivity contribution in [2.45, 2.75) is 20.5 Å². The van der Waals surface area contributed by atoms with E-state index in [2.05, 4.69) is 5.32 Å². The molecule has 0 unspecified atom stereocenters. The number of nitrogens with one attached hydrogen (secondary N) is 1. The number of amides is 1. The van der Waals surface area contributed by atoms with Gasteiger partial charge in [0, 0.05) is 11.8 Å². The van der Waals surface area contributed by atoms with Crippen molar-refractivity contribution >= 4 is 17.7 Å². The van der Waals surface area contributed by atoms with Crippen molar-refractivity contribution in [2.75, 3.05) is 25.1 Å². The van der Waals surface area contributed by atoms with E-state index in [4.69, 9.17) is 18.9 Å². The van der Waals surface area contributed by atoms with E-state index >= 15 is 0 Å². The number of nitriles is 1. The van der Waals surface area contributed by atoms with E-state index in [9.17, 15) is 10.1 Å². The van der Waals surface area contributed by atoms with Crippen molar-refractivity contribution in [1.29, 1.82) is 5.26 Å². The first-order valence-corrected chi connectivity index (χ1v) is 11.3. The number of hydrogen-bond donors (Lipinski definition) is 1. The number of benzene rings is 3. The van der Waals surface area contributed by atoms with Gasteiger partial charge in [-0.25, -0.2) is 0 Å². The van der Waals surface area contributed by atoms with Gasteiger partial charge in [-0.2, -0.15) is 5.26 Å². The predicted molar refractivity (Wildman–Crippen MR) is 133 cm³/mol. The minimum absolute atomic E-state index is 0.0454. The van der Waals surface area contributed by atoms with E-state index < -0.39 is 5.91 Å². The molecule has 3 aromatic rings. The summed E-state index contributed by atoms with van der Waals surface area (Å²) in [7, 11) is 0. The molecule has 3 aromatic carbocycles. The van der Waals surface area contributed by atoms with Crippen LogP contribution in [-0.2, 0) is 11.4 Å². The lowest BCUT2D eigenvalue weighted by molar-refractivity contribution is -0.112. The molecule has 1 heterocycles. The summed E-state index contributed by atoms with van der Waals surface area (Å²) >= 11 is 0. The molecule has 0 aliphatic carbocycles. The summed E-state index contributed by atoms with van der Waals surface area (Å²) in [6.45, 7) is 5.71. The molecule has 0 fully saturated rings. The van der Waals surface area contributed by atoms with Crippen LogP contribution in [0.25, 0.3) is 6.08 Å². The summed E-state index contributed by atoms with van der Waals surface area (Å²) in [5, 5.41) is 12.3. The average molecular weight is 471 g/mol. The molecule has 0 atom stereocenters. The van der Waals surface area contributed by atoms with E-state index in [1.807, 2.05) is 44.2 Å². The standard InChI is InChI=1S/C28H26N2O5/c1-3-32-26-15-20(8-10-25(26)35-18-21-7-5-4-6-19(21)2)14-22(17-29)28(31)30-23-9-11-24-27(16-23)34-13-12-33-24/h4-11,14-16H,3,12-13,18H2,1-2H3,(H,30,31). The molecule has 178 valence electrons. The monoisotopic (exact) mass is 470 g/mol. The number of anilines is 1. The topological polar surface area (TPSA) is 89.8 Å². The maximum atomic E-state index is 12.8. The van der Waals surface area contributed by atoms with Gasteiger partial charge in [0.25, 0.3) is 5.91 Å². The van der Waals surface area contributed by atoms with Crippen LogP contribution >= 0.6 is 0 Å². The molecule has 4 rings (SSSR count). The summed E-state index contributed by atoms with van der Waals surface area (Å²) in [4.78, 5) is 12.8. The zero-order valence-corrected chi connectivity index (χ0v) is 19.7. The second kappa shape index (κ2) is 11.1. The van der Waals surface area contributed by atoms with Crippen LogP contribution in [0.5, 0.6) is 23.0 Å². The maximum Gasteiger partial charge on any atom is 0.266 e. The number of fused-ring (bicyclic) bond motifs is 1. The number of carbonyl (C=O) groups is 1. The van der Waals surface area contributed by atoms with E-state index in [0.29, 0.717) is 60.7 Å². The summed E-state index contributed by atoms with van der Waals surface area (Å²) in [6, 6.07) is 20.4. The quantitative estimate of drug-likeness (QED) is 0.355. The zero-order chi connectivity index (χ0) is 24.6. The molecule has 0 spiro atoms. The summed E-state index contributed by atoms with van der Waals surface area (Å²) in [6.07, 6.45) is 1.51. The van der Waals surface area contributed by atoms with Gasteiger partial charge in [0.2, 0.25) is 0 Å². The smallest absolute Gasteiger partial charge is 0.266 e. The number of nitrogens with zero attached hydrogens (tertiary/aromatic N) is 1. The second-order valence-corrected chi connectivity index (χ2v) is 7.84. The highest BCUT2D eigenvalue weighted by atomic mass is 16.6. The third kappa shape index (κ3) is 5.92. The average Bonchev–Trinajstić information content (AvgIpc) is 2.87. The Morgan fingerprint density at radius 1 is 1.03 bits per heavy atom. The predicted octanol–water partition coefficient (Wildman–Crippen LogP) is 5.29. The summed E-state index contributed by atoms with van der Waals surface area (Å²) < 4.78 is 22.8. The highest BCUT2D eigenvalue weighted by Crippen LogP contribution is 2.33. The molecular weight excluding hydrogens is 444 g/mol. The van der Waals surface area contributed by atoms with Crippen molar-refractivity contribution in [2.24, 2.45) is 0 Å². The van der Waals surface area contributed by atoms with Crippen LogP contribution in [0.1, 0.15) is 23.6 Å². The van der Waals surface area contributed by atoms with Gasteiger partial charge in [-0.05, 0) is 60.9 Å². The van der Waals surface area contributed by atoms with E-state index in [0.717, 1.165) is 11.1 Å². The van der Waals surface area contributed by atoms with Crippen LogP contribution in [-0.4, -0.2) is 25.7 Å². The van der Waals surface area contributed by atoms with Gasteiger partial charge in [0.1, 0.15) is 31.5 Å². The second-order valence-electron chi connectivity index (χ2n) is 7.84. The normalized spacial score (nSPS) is 12.4. The Morgan fingerprint density at radius 3 is 2.60 bits per heavy atom. The highest BCUT2D eigenvalue weighted by Gasteiger charge is 2.15. The first kappa shape index (κ1) is 23.7. The van der Waals surface area contributed by atoms with E-state index in [1.54, 1.807) is 36.4 Å². The lowest BCUT2D eigenvalue weighted by Gasteiger charge is -2.19. The molecule has 35 heavy (non-hydrogen) atoms. The van der Waals surface area contributed by atoms with Crippen LogP contribution in [0.15, 0.2) is 66.2 Å². The number of ether oxygens (including phenoxy) is 4. The van der Waals surface area contributed by atoms with Crippen LogP contribution in [0.4, 0.5) is 5.69 Å². The zero-order valence-electron chi connectivity index (χ0n) is 19.7. The molecule has 0 radical (unpaired) electrons. The van der Waals surface area contributed by atoms with Gasteiger partial charge in [-0.3, -0.25) is 4.79 Å². The van der Waals surface area contributed by atoms with Crippen molar-refractivity contribution < 1.29 is 23.7 Å². The number of aryl methyl sites for hydroxylation is 1. The minimum Gasteiger partial charge on any atom is -0.490 e. The Kier molecular flexibility index (Phi) is 7.53. The third-order valence-electron chi connectivity index (χ3n) is 5.39. The summed E-state index contributed by atoms with van der Waals surface area (Å²) in [5.74, 6) is 1.78. The Balaban J connectivity index is 1.50. The molecule has 1 N–H and O–H groups in total. The van der Waals surface area contributed by atoms with Crippen molar-refractivity contribution in [1.82, 2.24) is 0 Å². The lowest BCUT2D eigenvalue weighted by Crippen LogP contribution is -2.17. The Morgan fingerprint density at radius 2 is 1.83 bits per heavy atom. The van der Waals surface area contributed by atoms with Crippen molar-refractivity contribution in [3.63, 3.8) is 0 Å². The fourth-order valence-corrected chi connectivity index (χ4v) is 3.56. The minimum atomic E-state index is -0.526. The van der Waals surface area contributed by atoms with Gasteiger partial charge < -0.3 is 24.3 Å². The molecule has 0 saturated carbocycles. The van der Waals surface area contributed by atoms with Gasteiger partial charge in [0.05, 0.1) is 6.61 Å². The molecule has 1 amide bonds. The molecule has 7 heteroatoms. The first-order valence-electron chi connectivity index (χ1n) is 11.3. The van der Waals surface area contributed by atoms with Crippen molar-refractivity contribution in [3.8, 4) is 29.1 Å². The van der Waals surface area contributed by atoms with Gasteiger partial charge in [-0.15, -0.1) is 0 Å². The fourth-order valence-electron chi connectivity index (χ4n) is 3.56. The molecule has 1 aliphatic heterocycles. The fraction of sp³-hybridized carbons (Fsp3) is 0.214. The lowest BCUT2D eigenvalue weighted by atomic mass is 10.1. The first-order chi connectivity index (χ1) is 17.1. The van der Waals surface area contributed by atoms with E-state index in [1.165, 1.54) is 6.08 Å². The molecule has 7 nitrogen and oxygen atoms in total. The van der Waals surface area contributed by atoms with Gasteiger partial charge in [-0.1, -0.05) is 30.3 Å². The Labute approximate surface area is 204 Å². The molecule has 0 bridgehead atoms. The summed E-state index contributed by atoms with van der Waals surface area (Å²) in [5.41, 5.74) is 3.34. The largest absolute Gasteiger partial charge is 0.490 e. The van der Waals surface area contributed by atoms with E-state index in [-0.39, 0.29) is 5.57 Å². The third-order valence-corrected chi connectivity index (χ3v) is 5.39. The molecular formula is C28H26N2O5. The molecule has 0 saturated heterocycles. The van der Waals surface area contributed by atoms with Crippen molar-refractivity contribution in [3.05, 3.63) is 82.9 Å². The van der Waals surface area contributed by atoms with Crippen LogP contribution < -0.4 is 24.3 Å². The Hall–Kier alpha value is -4.44. The van der Waals surface area contributed by atoms with Gasteiger partial charge >= 0.3 is 0 Å². The number of carbonyl (C=O) groups excluding carboxylic acids is 1. The van der Waals surface area contributed by atoms with Crippen LogP contribution in [0, 0.1) is 18.3 Å². The van der Waals surface area contributed by atoms with Crippen LogP contribution in [0.3, 0.4) is 0 Å². The molecule has 0 aromatic heterocycles. The number of rotatable bonds is 8. The maximum absolute atomic E-state index is 12.8. The van der Waals surface area contributed by atoms with Crippen LogP contribution in [0.2, 0.25) is 0 Å². The number of hydrogen-bond acceptors (Lipinski definition) is 6. The van der Waals surface area contributed by atoms with Gasteiger partial charge in [0.15, 0.2) is 23.0 Å². The highest BCUT2D eigenvalue weighted by molar-refractivity contribution is 6.09. The molecule has 1 aliphatic rings. The SMILES string of the molecule is CCOc1cc(C=C(C#N)C(=O)Nc2ccc3c(c2)OCCO3)ccc1OCc1ccccc1C. The Bertz CT molecular complexity index is 1290.